The first-order chi connectivity index (χ1) is 43.3. The smallest absolute Gasteiger partial charge is 0.327 e. The fraction of sp³-hybridized carbons (Fsp3) is 0.286. The highest BCUT2D eigenvalue weighted by molar-refractivity contribution is 7.91. The summed E-state index contributed by atoms with van der Waals surface area (Å²) in [7, 11) is -10.1. The zero-order chi connectivity index (χ0) is 67.6. The van der Waals surface area contributed by atoms with Crippen LogP contribution in [0.4, 0.5) is 0 Å². The molecule has 0 unspecified atom stereocenters. The summed E-state index contributed by atoms with van der Waals surface area (Å²) in [4.78, 5) is 35.3. The summed E-state index contributed by atoms with van der Waals surface area (Å²) in [5, 5.41) is 41.1. The third kappa shape index (κ3) is 17.7. The van der Waals surface area contributed by atoms with Gasteiger partial charge in [0.2, 0.25) is 0 Å². The van der Waals surface area contributed by atoms with Crippen LogP contribution in [-0.2, 0) is 87.7 Å². The van der Waals surface area contributed by atoms with E-state index in [2.05, 4.69) is 35.7 Å². The average Bonchev–Trinajstić information content (AvgIpc) is 1.20. The number of sulfone groups is 3. The molecule has 3 heterocycles. The molecule has 3 aromatic heterocycles. The van der Waals surface area contributed by atoms with E-state index in [1.54, 1.807) is 41.9 Å². The van der Waals surface area contributed by atoms with E-state index < -0.39 is 41.5 Å². The van der Waals surface area contributed by atoms with E-state index in [0.29, 0.717) is 57.4 Å². The number of hydrogen-bond acceptors (Lipinski definition) is 14. The van der Waals surface area contributed by atoms with Crippen molar-refractivity contribution in [1.29, 1.82) is 0 Å². The lowest BCUT2D eigenvalue weighted by Gasteiger charge is -2.11. The first kappa shape index (κ1) is 70.4. The maximum Gasteiger partial charge on any atom is 0.327 e. The molecule has 0 aliphatic carbocycles. The quantitative estimate of drug-likeness (QED) is 0.0532. The molecule has 22 heteroatoms. The standard InChI is InChI=1S/C25H30N2O4S.C23H24N2O4S.C22H24N2O5S/c1-6-18-8-13-21(14-24(18)32(5,29)30)19-9-11-20(12-10-19)23-15-22(17(3)4)26-27(23)16-25(28)31-7-2;1-5-16-6-11-19(12-22(16)30(4,28)29)17-7-9-18(10-8-17)21-13-20(15(2)3)24-25(21)14-23(26)27;1-14(2)19-11-20(24(23-19)12-22(26)27)16-6-4-15(5-7-16)17-8-9-18(13-25)21(10-17)30(3,28)29/h8-15,17H,6-7,16H2,1-5H3;6-13H,2,5,14H2,1,3-4H3,(H,26,27);4-11,14,25H,12-13H2,1-3H3,(H,26,27). The summed E-state index contributed by atoms with van der Waals surface area (Å²) in [5.74, 6) is -1.88. The van der Waals surface area contributed by atoms with E-state index in [4.69, 9.17) is 4.74 Å². The SMILES string of the molecule is C=C(C)c1cc(-c2ccc(-c3ccc(CC)c(S(C)(=O)=O)c3)cc2)n(CC(=O)O)n1.CC(C)c1cc(-c2ccc(-c3ccc(CO)c(S(C)(=O)=O)c3)cc2)n(CC(=O)O)n1.CCOC(=O)Cn1nc(C(C)C)cc1-c1ccc(-c2ccc(CC)c(S(C)(=O)=O)c2)cc1. The Balaban J connectivity index is 0.000000196. The summed E-state index contributed by atoms with van der Waals surface area (Å²) >= 11 is 0. The Hall–Kier alpha value is -9.09. The van der Waals surface area contributed by atoms with Crippen LogP contribution in [0, 0.1) is 0 Å². The summed E-state index contributed by atoms with van der Waals surface area (Å²) < 4.78 is 82.5. The highest BCUT2D eigenvalue weighted by atomic mass is 32.2. The Morgan fingerprint density at radius 3 is 1.07 bits per heavy atom. The number of carboxylic acids is 2. The predicted octanol–water partition coefficient (Wildman–Crippen LogP) is 12.5. The molecule has 19 nitrogen and oxygen atoms in total. The summed E-state index contributed by atoms with van der Waals surface area (Å²) in [6.07, 6.45) is 4.87. The number of aliphatic hydroxyl groups excluding tert-OH is 1. The minimum Gasteiger partial charge on any atom is -0.480 e. The van der Waals surface area contributed by atoms with Crippen molar-refractivity contribution < 1.29 is 59.7 Å². The van der Waals surface area contributed by atoms with Gasteiger partial charge in [-0.25, -0.2) is 25.3 Å². The number of aryl methyl sites for hydroxylation is 2. The van der Waals surface area contributed by atoms with Crippen molar-refractivity contribution in [3.8, 4) is 67.2 Å². The maximum absolute atomic E-state index is 12.2. The van der Waals surface area contributed by atoms with Gasteiger partial charge in [0.15, 0.2) is 29.5 Å². The second-order valence-corrected chi connectivity index (χ2v) is 28.8. The van der Waals surface area contributed by atoms with Gasteiger partial charge in [-0.15, -0.1) is 0 Å². The number of ether oxygens (including phenoxy) is 1. The van der Waals surface area contributed by atoms with Gasteiger partial charge in [-0.05, 0) is 147 Å². The Bertz CT molecular complexity index is 4530. The van der Waals surface area contributed by atoms with Crippen molar-refractivity contribution >= 4 is 53.0 Å². The van der Waals surface area contributed by atoms with Crippen molar-refractivity contribution in [1.82, 2.24) is 29.3 Å². The van der Waals surface area contributed by atoms with Crippen LogP contribution < -0.4 is 0 Å². The largest absolute Gasteiger partial charge is 0.480 e. The molecular formula is C70H78N6O13S3. The Labute approximate surface area is 538 Å². The van der Waals surface area contributed by atoms with E-state index in [1.807, 2.05) is 150 Å². The molecule has 0 aliphatic heterocycles. The molecule has 0 atom stereocenters. The molecule has 0 bridgehead atoms. The number of aliphatic carboxylic acids is 2. The van der Waals surface area contributed by atoms with Gasteiger partial charge in [0.1, 0.15) is 19.6 Å². The zero-order valence-corrected chi connectivity index (χ0v) is 55.9. The first-order valence-electron chi connectivity index (χ1n) is 29.7. The molecule has 0 fully saturated rings. The molecule has 0 saturated heterocycles. The van der Waals surface area contributed by atoms with Gasteiger partial charge in [0.05, 0.1) is 62.1 Å². The highest BCUT2D eigenvalue weighted by Gasteiger charge is 2.21. The lowest BCUT2D eigenvalue weighted by atomic mass is 10.0. The second kappa shape index (κ2) is 29.9. The van der Waals surface area contributed by atoms with Gasteiger partial charge >= 0.3 is 17.9 Å². The van der Waals surface area contributed by atoms with Gasteiger partial charge in [0, 0.05) is 18.8 Å². The van der Waals surface area contributed by atoms with Gasteiger partial charge < -0.3 is 20.1 Å². The number of benzene rings is 6. The van der Waals surface area contributed by atoms with Crippen LogP contribution >= 0.6 is 0 Å². The third-order valence-electron chi connectivity index (χ3n) is 15.0. The van der Waals surface area contributed by atoms with Crippen LogP contribution in [0.3, 0.4) is 0 Å². The van der Waals surface area contributed by atoms with Crippen LogP contribution in [-0.4, -0.2) is 113 Å². The average molecular weight is 1310 g/mol. The van der Waals surface area contributed by atoms with Crippen molar-refractivity contribution in [2.75, 3.05) is 25.4 Å². The van der Waals surface area contributed by atoms with E-state index >= 15 is 0 Å². The number of esters is 1. The molecule has 0 radical (unpaired) electrons. The number of hydrogen-bond donors (Lipinski definition) is 3. The van der Waals surface area contributed by atoms with Crippen molar-refractivity contribution in [3.63, 3.8) is 0 Å². The van der Waals surface area contributed by atoms with E-state index in [0.717, 1.165) is 84.5 Å². The van der Waals surface area contributed by atoms with Crippen LogP contribution in [0.2, 0.25) is 0 Å². The van der Waals surface area contributed by atoms with Crippen LogP contribution in [0.25, 0.3) is 72.7 Å². The number of carboxylic acid groups (broad SMARTS) is 2. The Kier molecular flexibility index (Phi) is 22.9. The maximum atomic E-state index is 12.2. The highest BCUT2D eigenvalue weighted by Crippen LogP contribution is 2.34. The Morgan fingerprint density at radius 1 is 0.457 bits per heavy atom. The van der Waals surface area contributed by atoms with Gasteiger partial charge in [-0.3, -0.25) is 28.4 Å². The van der Waals surface area contributed by atoms with Gasteiger partial charge in [-0.2, -0.15) is 15.3 Å². The topological polar surface area (TPSA) is 277 Å². The number of allylic oxidation sites excluding steroid dienone is 1. The number of carbonyl (C=O) groups excluding carboxylic acids is 1. The first-order valence-corrected chi connectivity index (χ1v) is 35.4. The van der Waals surface area contributed by atoms with Crippen molar-refractivity contribution in [3.05, 3.63) is 186 Å². The lowest BCUT2D eigenvalue weighted by Crippen LogP contribution is -2.15. The van der Waals surface area contributed by atoms with Crippen LogP contribution in [0.5, 0.6) is 0 Å². The molecule has 484 valence electrons. The minimum atomic E-state index is -3.48. The molecule has 3 N–H and O–H groups in total. The molecule has 9 aromatic rings. The number of aliphatic hydroxyl groups is 1. The fourth-order valence-corrected chi connectivity index (χ4v) is 13.2. The molecule has 0 spiro atoms. The number of aromatic nitrogens is 6. The molecule has 6 aromatic carbocycles. The van der Waals surface area contributed by atoms with Crippen LogP contribution in [0.1, 0.15) is 101 Å². The van der Waals surface area contributed by atoms with E-state index in [1.165, 1.54) is 21.9 Å². The molecule has 92 heavy (non-hydrogen) atoms. The summed E-state index contributed by atoms with van der Waals surface area (Å²) in [6, 6.07) is 44.5. The summed E-state index contributed by atoms with van der Waals surface area (Å²) in [6.45, 7) is 19.0. The zero-order valence-electron chi connectivity index (χ0n) is 53.5. The predicted molar refractivity (Wildman–Crippen MR) is 358 cm³/mol. The Morgan fingerprint density at radius 2 is 0.761 bits per heavy atom. The number of nitrogens with zero attached hydrogens (tertiary/aromatic N) is 6. The molecule has 9 rings (SSSR count). The van der Waals surface area contributed by atoms with Crippen molar-refractivity contribution in [2.45, 2.75) is 121 Å². The molecular weight excluding hydrogens is 1230 g/mol. The second-order valence-electron chi connectivity index (χ2n) is 22.9. The lowest BCUT2D eigenvalue weighted by molar-refractivity contribution is -0.144. The normalized spacial score (nSPS) is 11.6. The monoisotopic (exact) mass is 1310 g/mol. The summed E-state index contributed by atoms with van der Waals surface area (Å²) in [5.41, 5.74) is 14.8. The minimum absolute atomic E-state index is 0.0494. The number of carbonyl (C=O) groups is 3. The van der Waals surface area contributed by atoms with E-state index in [9.17, 15) is 55.0 Å². The molecule has 0 aliphatic rings. The molecule has 0 amide bonds. The molecule has 0 saturated carbocycles. The third-order valence-corrected chi connectivity index (χ3v) is 18.6. The van der Waals surface area contributed by atoms with E-state index in [-0.39, 0.29) is 48.9 Å². The van der Waals surface area contributed by atoms with Crippen molar-refractivity contribution in [2.24, 2.45) is 0 Å². The van der Waals surface area contributed by atoms with Gasteiger partial charge in [0.25, 0.3) is 0 Å². The van der Waals surface area contributed by atoms with Gasteiger partial charge in [-0.1, -0.05) is 157 Å². The number of rotatable bonds is 22. The van der Waals surface area contributed by atoms with Crippen LogP contribution in [0.15, 0.2) is 167 Å². The fourth-order valence-electron chi connectivity index (χ4n) is 10.2.